The van der Waals surface area contributed by atoms with Crippen LogP contribution in [0.3, 0.4) is 0 Å². The van der Waals surface area contributed by atoms with Crippen LogP contribution in [0.15, 0.2) is 11.0 Å². The Morgan fingerprint density at radius 2 is 2.26 bits per heavy atom. The number of hydrogen-bond donors (Lipinski definition) is 1. The number of aryl methyl sites for hydroxylation is 1. The topological polar surface area (TPSA) is 91.7 Å². The van der Waals surface area contributed by atoms with E-state index in [1.165, 1.54) is 0 Å². The third-order valence-corrected chi connectivity index (χ3v) is 3.68. The van der Waals surface area contributed by atoms with Crippen molar-refractivity contribution in [3.63, 3.8) is 0 Å². The van der Waals surface area contributed by atoms with E-state index in [0.717, 1.165) is 0 Å². The molecule has 0 aliphatic carbocycles. The van der Waals surface area contributed by atoms with Gasteiger partial charge in [-0.05, 0) is 27.7 Å². The van der Waals surface area contributed by atoms with Crippen LogP contribution in [0, 0.1) is 6.92 Å². The fraction of sp³-hybridized carbons (Fsp3) is 0.667. The van der Waals surface area contributed by atoms with Crippen molar-refractivity contribution >= 4 is 6.09 Å². The molecule has 1 saturated heterocycles. The van der Waals surface area contributed by atoms with E-state index in [1.54, 1.807) is 38.5 Å². The molecular weight excluding hydrogens is 302 g/mol. The number of ether oxygens (including phenoxy) is 3. The Balaban J connectivity index is 1.64. The predicted octanol–water partition coefficient (Wildman–Crippen LogP) is 1.12. The molecule has 3 unspecified atom stereocenters. The summed E-state index contributed by atoms with van der Waals surface area (Å²) < 4.78 is 18.6. The van der Waals surface area contributed by atoms with Crippen LogP contribution in [0.4, 0.5) is 4.79 Å². The van der Waals surface area contributed by atoms with Crippen molar-refractivity contribution in [1.82, 2.24) is 14.9 Å². The van der Waals surface area contributed by atoms with Gasteiger partial charge in [0, 0.05) is 18.2 Å². The van der Waals surface area contributed by atoms with Crippen molar-refractivity contribution in [1.29, 1.82) is 0 Å². The quantitative estimate of drug-likeness (QED) is 0.877. The normalized spacial score (nSPS) is 25.5. The molecule has 1 aromatic rings. The van der Waals surface area contributed by atoms with Gasteiger partial charge in [0.05, 0.1) is 6.54 Å². The van der Waals surface area contributed by atoms with Gasteiger partial charge in [-0.1, -0.05) is 0 Å². The Morgan fingerprint density at radius 1 is 1.52 bits per heavy atom. The molecule has 1 fully saturated rings. The molecule has 0 saturated carbocycles. The zero-order valence-corrected chi connectivity index (χ0v) is 13.7. The first-order valence-electron chi connectivity index (χ1n) is 7.62. The molecular formula is C15H21N3O5. The van der Waals surface area contributed by atoms with E-state index in [2.05, 4.69) is 10.3 Å². The van der Waals surface area contributed by atoms with Crippen molar-refractivity contribution in [3.05, 3.63) is 22.1 Å². The Labute approximate surface area is 133 Å². The Bertz CT molecular complexity index is 679. The molecule has 3 rings (SSSR count). The number of alkyl carbamates (subject to hydrolysis) is 1. The van der Waals surface area contributed by atoms with Gasteiger partial charge in [-0.15, -0.1) is 0 Å². The molecule has 1 aromatic heterocycles. The number of nitrogens with zero attached hydrogens (tertiary/aromatic N) is 2. The first-order chi connectivity index (χ1) is 10.7. The van der Waals surface area contributed by atoms with Crippen molar-refractivity contribution in [2.45, 2.75) is 58.2 Å². The van der Waals surface area contributed by atoms with E-state index in [1.807, 2.05) is 0 Å². The number of hydrogen-bond acceptors (Lipinski definition) is 6. The summed E-state index contributed by atoms with van der Waals surface area (Å²) in [5.74, 6) is 0. The van der Waals surface area contributed by atoms with Crippen LogP contribution in [-0.4, -0.2) is 40.0 Å². The summed E-state index contributed by atoms with van der Waals surface area (Å²) in [6.45, 7) is 7.38. The third kappa shape index (κ3) is 3.31. The molecule has 0 spiro atoms. The van der Waals surface area contributed by atoms with E-state index in [9.17, 15) is 9.59 Å². The maximum Gasteiger partial charge on any atom is 0.407 e. The molecule has 126 valence electrons. The highest BCUT2D eigenvalue weighted by Crippen LogP contribution is 2.37. The van der Waals surface area contributed by atoms with Gasteiger partial charge in [0.2, 0.25) is 0 Å². The van der Waals surface area contributed by atoms with Gasteiger partial charge in [-0.2, -0.15) is 4.98 Å². The molecule has 8 nitrogen and oxygen atoms in total. The number of amides is 1. The number of carbonyl (C=O) groups is 1. The minimum atomic E-state index is -0.551. The van der Waals surface area contributed by atoms with Gasteiger partial charge < -0.3 is 19.5 Å². The van der Waals surface area contributed by atoms with Crippen molar-refractivity contribution < 1.29 is 19.0 Å². The van der Waals surface area contributed by atoms with Gasteiger partial charge in [-0.25, -0.2) is 4.79 Å². The summed E-state index contributed by atoms with van der Waals surface area (Å²) in [6.07, 6.45) is 1.05. The molecule has 2 aliphatic heterocycles. The molecule has 2 bridgehead atoms. The maximum absolute atomic E-state index is 11.7. The maximum atomic E-state index is 11.7. The minimum Gasteiger partial charge on any atom is -0.458 e. The highest BCUT2D eigenvalue weighted by molar-refractivity contribution is 5.67. The lowest BCUT2D eigenvalue weighted by atomic mass is 10.1. The van der Waals surface area contributed by atoms with E-state index < -0.39 is 11.7 Å². The van der Waals surface area contributed by atoms with Crippen molar-refractivity contribution in [2.24, 2.45) is 0 Å². The summed E-state index contributed by atoms with van der Waals surface area (Å²) in [6, 6.07) is 0.265. The van der Waals surface area contributed by atoms with E-state index in [0.29, 0.717) is 12.0 Å². The molecule has 0 radical (unpaired) electrons. The van der Waals surface area contributed by atoms with Crippen LogP contribution in [0.5, 0.6) is 6.01 Å². The molecule has 8 heteroatoms. The van der Waals surface area contributed by atoms with Gasteiger partial charge in [0.25, 0.3) is 5.56 Å². The third-order valence-electron chi connectivity index (χ3n) is 3.68. The summed E-state index contributed by atoms with van der Waals surface area (Å²) in [4.78, 5) is 27.3. The molecule has 0 aromatic carbocycles. The van der Waals surface area contributed by atoms with Crippen LogP contribution in [0.2, 0.25) is 0 Å². The number of nitrogens with one attached hydrogen (secondary N) is 1. The molecule has 3 heterocycles. The SMILES string of the molecule is Cc1cn2c(nc1=O)OC1CC2OC1CNC(=O)OC(C)(C)C. The minimum absolute atomic E-state index is 0.235. The van der Waals surface area contributed by atoms with E-state index in [4.69, 9.17) is 14.2 Å². The average molecular weight is 323 g/mol. The number of fused-ring (bicyclic) bond motifs is 4. The van der Waals surface area contributed by atoms with E-state index in [-0.39, 0.29) is 36.6 Å². The first kappa shape index (κ1) is 15.8. The molecule has 1 N–H and O–H groups in total. The summed E-state index contributed by atoms with van der Waals surface area (Å²) >= 11 is 0. The fourth-order valence-electron chi connectivity index (χ4n) is 2.66. The fourth-order valence-corrected chi connectivity index (χ4v) is 2.66. The first-order valence-corrected chi connectivity index (χ1v) is 7.62. The highest BCUT2D eigenvalue weighted by Gasteiger charge is 2.43. The Kier molecular flexibility index (Phi) is 3.79. The molecule has 3 atom stereocenters. The van der Waals surface area contributed by atoms with Crippen LogP contribution in [0.1, 0.15) is 39.0 Å². The smallest absolute Gasteiger partial charge is 0.407 e. The van der Waals surface area contributed by atoms with E-state index >= 15 is 0 Å². The zero-order chi connectivity index (χ0) is 16.8. The monoisotopic (exact) mass is 323 g/mol. The van der Waals surface area contributed by atoms with Gasteiger partial charge in [-0.3, -0.25) is 9.36 Å². The van der Waals surface area contributed by atoms with Crippen LogP contribution in [0.25, 0.3) is 0 Å². The van der Waals surface area contributed by atoms with Crippen LogP contribution >= 0.6 is 0 Å². The second-order valence-electron chi connectivity index (χ2n) is 6.82. The number of aromatic nitrogens is 2. The standard InChI is InChI=1S/C15H21N3O5/c1-8-7-18-11-5-9(22-13(18)17-12(8)19)10(21-11)6-16-14(20)23-15(2,3)4/h7,9-11H,5-6H2,1-4H3,(H,16,20). The Morgan fingerprint density at radius 3 is 2.96 bits per heavy atom. The lowest BCUT2D eigenvalue weighted by molar-refractivity contribution is -0.000131. The predicted molar refractivity (Wildman–Crippen MR) is 80.4 cm³/mol. The summed E-state index contributed by atoms with van der Waals surface area (Å²) in [5, 5.41) is 2.69. The number of rotatable bonds is 2. The van der Waals surface area contributed by atoms with Crippen LogP contribution < -0.4 is 15.6 Å². The second kappa shape index (κ2) is 5.52. The lowest BCUT2D eigenvalue weighted by Crippen LogP contribution is -2.41. The largest absolute Gasteiger partial charge is 0.458 e. The lowest BCUT2D eigenvalue weighted by Gasteiger charge is -2.24. The second-order valence-corrected chi connectivity index (χ2v) is 6.82. The highest BCUT2D eigenvalue weighted by atomic mass is 16.6. The Hall–Kier alpha value is -2.09. The van der Waals surface area contributed by atoms with Crippen molar-refractivity contribution in [2.75, 3.05) is 6.54 Å². The molecule has 23 heavy (non-hydrogen) atoms. The van der Waals surface area contributed by atoms with Gasteiger partial charge in [0.15, 0.2) is 0 Å². The average Bonchev–Trinajstić information content (AvgIpc) is 2.75. The van der Waals surface area contributed by atoms with Crippen molar-refractivity contribution in [3.8, 4) is 6.01 Å². The summed E-state index contributed by atoms with van der Waals surface area (Å²) in [7, 11) is 0. The molecule has 1 amide bonds. The van der Waals surface area contributed by atoms with Crippen LogP contribution in [-0.2, 0) is 9.47 Å². The van der Waals surface area contributed by atoms with Gasteiger partial charge >= 0.3 is 12.1 Å². The zero-order valence-electron chi connectivity index (χ0n) is 13.7. The number of carbonyl (C=O) groups excluding carboxylic acids is 1. The van der Waals surface area contributed by atoms with Gasteiger partial charge in [0.1, 0.15) is 24.0 Å². The molecule has 2 aliphatic rings. The summed E-state index contributed by atoms with van der Waals surface area (Å²) in [5.41, 5.74) is -0.318.